The molecule has 4 heteroatoms. The number of halogens is 4. The molecule has 0 nitrogen and oxygen atoms in total. The summed E-state index contributed by atoms with van der Waals surface area (Å²) in [6.07, 6.45) is 0. The highest BCUT2D eigenvalue weighted by atomic mass is 35.5. The van der Waals surface area contributed by atoms with E-state index in [1.807, 2.05) is 0 Å². The standard InChI is InChI=1S/C13H8ClF3/c1-7-4-11(16)13(12(17)5-7)9-3-2-8(15)6-10(9)14/h2-6H,1H3. The molecule has 0 atom stereocenters. The van der Waals surface area contributed by atoms with Gasteiger partial charge in [-0.3, -0.25) is 0 Å². The number of hydrogen-bond acceptors (Lipinski definition) is 0. The molecule has 0 aliphatic heterocycles. The summed E-state index contributed by atoms with van der Waals surface area (Å²) in [4.78, 5) is 0. The smallest absolute Gasteiger partial charge is 0.134 e. The number of aryl methyl sites for hydroxylation is 1. The van der Waals surface area contributed by atoms with Gasteiger partial charge in [0.25, 0.3) is 0 Å². The lowest BCUT2D eigenvalue weighted by Crippen LogP contribution is -1.93. The van der Waals surface area contributed by atoms with Gasteiger partial charge in [-0.05, 0) is 42.8 Å². The Kier molecular flexibility index (Phi) is 3.11. The molecule has 0 saturated carbocycles. The molecule has 88 valence electrons. The average Bonchev–Trinajstić information content (AvgIpc) is 2.19. The van der Waals surface area contributed by atoms with Crippen LogP contribution >= 0.6 is 11.6 Å². The third kappa shape index (κ3) is 2.29. The van der Waals surface area contributed by atoms with Gasteiger partial charge >= 0.3 is 0 Å². The van der Waals surface area contributed by atoms with Crippen molar-refractivity contribution >= 4 is 11.6 Å². The van der Waals surface area contributed by atoms with Crippen LogP contribution in [-0.2, 0) is 0 Å². The van der Waals surface area contributed by atoms with Gasteiger partial charge in [-0.15, -0.1) is 0 Å². The molecule has 0 unspecified atom stereocenters. The molecule has 2 rings (SSSR count). The summed E-state index contributed by atoms with van der Waals surface area (Å²) in [6.45, 7) is 1.59. The Morgan fingerprint density at radius 2 is 1.53 bits per heavy atom. The molecule has 0 fully saturated rings. The Bertz CT molecular complexity index is 556. The van der Waals surface area contributed by atoms with Gasteiger partial charge in [0.05, 0.1) is 10.6 Å². The Morgan fingerprint density at radius 1 is 0.941 bits per heavy atom. The Hall–Kier alpha value is -1.48. The molecule has 0 N–H and O–H groups in total. The van der Waals surface area contributed by atoms with Crippen LogP contribution in [0.3, 0.4) is 0 Å². The predicted octanol–water partition coefficient (Wildman–Crippen LogP) is 4.73. The molecule has 17 heavy (non-hydrogen) atoms. The predicted molar refractivity (Wildman–Crippen MR) is 61.5 cm³/mol. The summed E-state index contributed by atoms with van der Waals surface area (Å²) >= 11 is 5.77. The minimum absolute atomic E-state index is 0.0216. The van der Waals surface area contributed by atoms with E-state index in [2.05, 4.69) is 0 Å². The Labute approximate surface area is 102 Å². The van der Waals surface area contributed by atoms with Crippen molar-refractivity contribution in [1.82, 2.24) is 0 Å². The Balaban J connectivity index is 2.68. The summed E-state index contributed by atoms with van der Waals surface area (Å²) in [6, 6.07) is 5.81. The van der Waals surface area contributed by atoms with Crippen molar-refractivity contribution in [3.8, 4) is 11.1 Å². The van der Waals surface area contributed by atoms with E-state index in [0.717, 1.165) is 12.1 Å². The van der Waals surface area contributed by atoms with Crippen LogP contribution in [0.1, 0.15) is 5.56 Å². The van der Waals surface area contributed by atoms with E-state index in [-0.39, 0.29) is 16.1 Å². The fraction of sp³-hybridized carbons (Fsp3) is 0.0769. The lowest BCUT2D eigenvalue weighted by Gasteiger charge is -2.08. The van der Waals surface area contributed by atoms with Gasteiger partial charge in [0.1, 0.15) is 17.5 Å². The van der Waals surface area contributed by atoms with E-state index in [9.17, 15) is 13.2 Å². The van der Waals surface area contributed by atoms with E-state index < -0.39 is 17.5 Å². The Morgan fingerprint density at radius 3 is 2.06 bits per heavy atom. The molecule has 0 saturated heterocycles. The van der Waals surface area contributed by atoms with E-state index >= 15 is 0 Å². The maximum Gasteiger partial charge on any atom is 0.134 e. The second-order valence-electron chi connectivity index (χ2n) is 3.73. The van der Waals surface area contributed by atoms with Crippen LogP contribution in [0.4, 0.5) is 13.2 Å². The van der Waals surface area contributed by atoms with Gasteiger partial charge in [-0.1, -0.05) is 11.6 Å². The molecule has 0 spiro atoms. The quantitative estimate of drug-likeness (QED) is 0.692. The molecular formula is C13H8ClF3. The van der Waals surface area contributed by atoms with Crippen molar-refractivity contribution in [2.45, 2.75) is 6.92 Å². The van der Waals surface area contributed by atoms with Crippen molar-refractivity contribution in [2.75, 3.05) is 0 Å². The second kappa shape index (κ2) is 4.41. The molecule has 2 aromatic carbocycles. The lowest BCUT2D eigenvalue weighted by atomic mass is 10.0. The van der Waals surface area contributed by atoms with Gasteiger partial charge in [0.15, 0.2) is 0 Å². The zero-order valence-corrected chi connectivity index (χ0v) is 9.65. The highest BCUT2D eigenvalue weighted by molar-refractivity contribution is 6.33. The maximum absolute atomic E-state index is 13.7. The van der Waals surface area contributed by atoms with Crippen molar-refractivity contribution in [3.63, 3.8) is 0 Å². The first-order valence-electron chi connectivity index (χ1n) is 4.90. The third-order valence-corrected chi connectivity index (χ3v) is 2.70. The van der Waals surface area contributed by atoms with Crippen LogP contribution in [0.5, 0.6) is 0 Å². The maximum atomic E-state index is 13.7. The normalized spacial score (nSPS) is 10.6. The number of rotatable bonds is 1. The van der Waals surface area contributed by atoms with Crippen LogP contribution in [0.2, 0.25) is 5.02 Å². The van der Waals surface area contributed by atoms with Gasteiger partial charge in [-0.25, -0.2) is 13.2 Å². The first kappa shape index (κ1) is 12.0. The SMILES string of the molecule is Cc1cc(F)c(-c2ccc(F)cc2Cl)c(F)c1. The molecule has 2 aromatic rings. The number of hydrogen-bond donors (Lipinski definition) is 0. The largest absolute Gasteiger partial charge is 0.207 e. The van der Waals surface area contributed by atoms with Gasteiger partial charge in [0, 0.05) is 5.56 Å². The van der Waals surface area contributed by atoms with Crippen molar-refractivity contribution < 1.29 is 13.2 Å². The second-order valence-corrected chi connectivity index (χ2v) is 4.13. The molecule has 0 amide bonds. The van der Waals surface area contributed by atoms with Crippen LogP contribution in [0, 0.1) is 24.4 Å². The summed E-state index contributed by atoms with van der Waals surface area (Å²) in [5.74, 6) is -1.97. The van der Waals surface area contributed by atoms with E-state index in [1.165, 1.54) is 18.2 Å². The summed E-state index contributed by atoms with van der Waals surface area (Å²) in [5, 5.41) is -0.0216. The molecular weight excluding hydrogens is 249 g/mol. The van der Waals surface area contributed by atoms with Crippen LogP contribution in [0.15, 0.2) is 30.3 Å². The highest BCUT2D eigenvalue weighted by Crippen LogP contribution is 2.33. The first-order chi connectivity index (χ1) is 7.99. The third-order valence-electron chi connectivity index (χ3n) is 2.39. The molecule has 0 aromatic heterocycles. The van der Waals surface area contributed by atoms with E-state index in [4.69, 9.17) is 11.6 Å². The van der Waals surface area contributed by atoms with E-state index in [0.29, 0.717) is 5.56 Å². The fourth-order valence-corrected chi connectivity index (χ4v) is 1.91. The van der Waals surface area contributed by atoms with Gasteiger partial charge in [0.2, 0.25) is 0 Å². The number of benzene rings is 2. The van der Waals surface area contributed by atoms with Crippen LogP contribution in [-0.4, -0.2) is 0 Å². The van der Waals surface area contributed by atoms with Crippen molar-refractivity contribution in [1.29, 1.82) is 0 Å². The summed E-state index contributed by atoms with van der Waals surface area (Å²) < 4.78 is 40.2. The van der Waals surface area contributed by atoms with Crippen LogP contribution in [0.25, 0.3) is 11.1 Å². The molecule has 0 radical (unpaired) electrons. The summed E-state index contributed by atoms with van der Waals surface area (Å²) in [7, 11) is 0. The van der Waals surface area contributed by atoms with E-state index in [1.54, 1.807) is 6.92 Å². The minimum Gasteiger partial charge on any atom is -0.207 e. The zero-order valence-electron chi connectivity index (χ0n) is 8.90. The molecule has 0 aliphatic carbocycles. The minimum atomic E-state index is -0.712. The zero-order chi connectivity index (χ0) is 12.6. The average molecular weight is 257 g/mol. The molecule has 0 heterocycles. The van der Waals surface area contributed by atoms with Crippen molar-refractivity contribution in [3.05, 3.63) is 58.4 Å². The monoisotopic (exact) mass is 256 g/mol. The van der Waals surface area contributed by atoms with Gasteiger partial charge in [-0.2, -0.15) is 0 Å². The summed E-state index contributed by atoms with van der Waals surface area (Å²) in [5.41, 5.74) is 0.380. The first-order valence-corrected chi connectivity index (χ1v) is 5.28. The topological polar surface area (TPSA) is 0 Å². The highest BCUT2D eigenvalue weighted by Gasteiger charge is 2.15. The van der Waals surface area contributed by atoms with Crippen LogP contribution < -0.4 is 0 Å². The molecule has 0 aliphatic rings. The molecule has 0 bridgehead atoms. The fourth-order valence-electron chi connectivity index (χ4n) is 1.65. The lowest BCUT2D eigenvalue weighted by molar-refractivity contribution is 0.587. The van der Waals surface area contributed by atoms with Crippen molar-refractivity contribution in [2.24, 2.45) is 0 Å². The van der Waals surface area contributed by atoms with Gasteiger partial charge < -0.3 is 0 Å².